The Labute approximate surface area is 147 Å². The van der Waals surface area contributed by atoms with E-state index in [0.29, 0.717) is 13.1 Å². The highest BCUT2D eigenvalue weighted by Gasteiger charge is 2.19. The van der Waals surface area contributed by atoms with Crippen molar-refractivity contribution in [2.24, 2.45) is 7.05 Å². The second kappa shape index (κ2) is 8.46. The Morgan fingerprint density at radius 2 is 2.04 bits per heavy atom. The van der Waals surface area contributed by atoms with Crippen molar-refractivity contribution in [1.29, 1.82) is 0 Å². The van der Waals surface area contributed by atoms with E-state index in [-0.39, 0.29) is 6.03 Å². The Morgan fingerprint density at radius 3 is 2.80 bits per heavy atom. The number of rotatable bonds is 5. The molecule has 0 aromatic carbocycles. The Kier molecular flexibility index (Phi) is 5.81. The Bertz CT molecular complexity index is 673. The van der Waals surface area contributed by atoms with Gasteiger partial charge in [0.2, 0.25) is 5.95 Å². The summed E-state index contributed by atoms with van der Waals surface area (Å²) >= 11 is 0. The van der Waals surface area contributed by atoms with Gasteiger partial charge >= 0.3 is 6.03 Å². The third-order valence-electron chi connectivity index (χ3n) is 4.29. The number of carbonyl (C=O) groups is 1. The minimum absolute atomic E-state index is 0.0158. The van der Waals surface area contributed by atoms with Gasteiger partial charge in [-0.3, -0.25) is 4.68 Å². The molecule has 0 unspecified atom stereocenters. The van der Waals surface area contributed by atoms with Crippen LogP contribution >= 0.6 is 0 Å². The molecule has 3 rings (SSSR count). The first-order valence-electron chi connectivity index (χ1n) is 8.74. The number of carbonyl (C=O) groups excluding carboxylic acids is 1. The summed E-state index contributed by atoms with van der Waals surface area (Å²) in [5.41, 5.74) is 1.20. The van der Waals surface area contributed by atoms with E-state index in [0.717, 1.165) is 44.8 Å². The van der Waals surface area contributed by atoms with Gasteiger partial charge in [-0.1, -0.05) is 0 Å². The molecule has 0 atom stereocenters. The minimum Gasteiger partial charge on any atom is -0.339 e. The summed E-state index contributed by atoms with van der Waals surface area (Å²) in [6, 6.07) is 1.83. The lowest BCUT2D eigenvalue weighted by atomic mass is 10.2. The molecule has 8 nitrogen and oxygen atoms in total. The van der Waals surface area contributed by atoms with E-state index in [1.165, 1.54) is 5.56 Å². The van der Waals surface area contributed by atoms with Gasteiger partial charge in [0.1, 0.15) is 0 Å². The van der Waals surface area contributed by atoms with Crippen LogP contribution in [0.3, 0.4) is 0 Å². The molecular formula is C17H25N7O. The van der Waals surface area contributed by atoms with Crippen molar-refractivity contribution in [2.45, 2.75) is 19.3 Å². The molecule has 2 amide bonds. The van der Waals surface area contributed by atoms with E-state index in [2.05, 4.69) is 25.3 Å². The average Bonchev–Trinajstić information content (AvgIpc) is 2.90. The van der Waals surface area contributed by atoms with Crippen LogP contribution in [-0.4, -0.2) is 63.4 Å². The zero-order chi connectivity index (χ0) is 17.5. The summed E-state index contributed by atoms with van der Waals surface area (Å²) in [5.74, 6) is 0.737. The van der Waals surface area contributed by atoms with Crippen LogP contribution < -0.4 is 10.2 Å². The van der Waals surface area contributed by atoms with Crippen molar-refractivity contribution in [3.05, 3.63) is 36.4 Å². The van der Waals surface area contributed by atoms with Crippen LogP contribution in [0.2, 0.25) is 0 Å². The van der Waals surface area contributed by atoms with Gasteiger partial charge in [-0.15, -0.1) is 0 Å². The first kappa shape index (κ1) is 17.2. The quantitative estimate of drug-likeness (QED) is 0.822. The highest BCUT2D eigenvalue weighted by molar-refractivity contribution is 5.74. The number of urea groups is 1. The predicted molar refractivity (Wildman–Crippen MR) is 95.4 cm³/mol. The summed E-state index contributed by atoms with van der Waals surface area (Å²) in [5, 5.41) is 7.17. The molecule has 2 aromatic heterocycles. The fourth-order valence-electron chi connectivity index (χ4n) is 2.98. The first-order valence-corrected chi connectivity index (χ1v) is 8.74. The van der Waals surface area contributed by atoms with Gasteiger partial charge < -0.3 is 15.1 Å². The van der Waals surface area contributed by atoms with Crippen molar-refractivity contribution in [3.8, 4) is 0 Å². The molecule has 0 aliphatic carbocycles. The maximum Gasteiger partial charge on any atom is 0.317 e. The fraction of sp³-hybridized carbons (Fsp3) is 0.529. The van der Waals surface area contributed by atoms with Gasteiger partial charge in [0.05, 0.1) is 6.20 Å². The highest BCUT2D eigenvalue weighted by Crippen LogP contribution is 2.10. The summed E-state index contributed by atoms with van der Waals surface area (Å²) in [4.78, 5) is 25.0. The third-order valence-corrected chi connectivity index (χ3v) is 4.29. The monoisotopic (exact) mass is 343 g/mol. The molecule has 1 aliphatic heterocycles. The SMILES string of the molecule is Cn1cc(CCCNC(=O)N2CCCN(c3ncccn3)CC2)cn1. The van der Waals surface area contributed by atoms with Crippen molar-refractivity contribution in [3.63, 3.8) is 0 Å². The molecule has 0 bridgehead atoms. The molecule has 1 fully saturated rings. The molecule has 0 saturated carbocycles. The van der Waals surface area contributed by atoms with Crippen LogP contribution in [0.15, 0.2) is 30.9 Å². The Balaban J connectivity index is 1.40. The zero-order valence-electron chi connectivity index (χ0n) is 14.6. The van der Waals surface area contributed by atoms with E-state index in [4.69, 9.17) is 0 Å². The van der Waals surface area contributed by atoms with Gasteiger partial charge in [0.15, 0.2) is 0 Å². The average molecular weight is 343 g/mol. The third kappa shape index (κ3) is 4.91. The van der Waals surface area contributed by atoms with Crippen LogP contribution in [0, 0.1) is 0 Å². The Hall–Kier alpha value is -2.64. The van der Waals surface area contributed by atoms with E-state index < -0.39 is 0 Å². The highest BCUT2D eigenvalue weighted by atomic mass is 16.2. The van der Waals surface area contributed by atoms with Crippen molar-refractivity contribution < 1.29 is 4.79 Å². The molecule has 0 spiro atoms. The summed E-state index contributed by atoms with van der Waals surface area (Å²) in [6.45, 7) is 3.75. The lowest BCUT2D eigenvalue weighted by Crippen LogP contribution is -2.42. The largest absolute Gasteiger partial charge is 0.339 e. The summed E-state index contributed by atoms with van der Waals surface area (Å²) in [6.07, 6.45) is 10.1. The van der Waals surface area contributed by atoms with E-state index in [9.17, 15) is 4.79 Å². The lowest BCUT2D eigenvalue weighted by Gasteiger charge is -2.22. The van der Waals surface area contributed by atoms with E-state index >= 15 is 0 Å². The van der Waals surface area contributed by atoms with Crippen LogP contribution in [0.25, 0.3) is 0 Å². The number of anilines is 1. The van der Waals surface area contributed by atoms with Gasteiger partial charge in [-0.2, -0.15) is 5.10 Å². The molecule has 1 aliphatic rings. The second-order valence-corrected chi connectivity index (χ2v) is 6.23. The van der Waals surface area contributed by atoms with Crippen LogP contribution in [0.1, 0.15) is 18.4 Å². The van der Waals surface area contributed by atoms with Crippen molar-refractivity contribution >= 4 is 12.0 Å². The van der Waals surface area contributed by atoms with Crippen molar-refractivity contribution in [1.82, 2.24) is 30.0 Å². The summed E-state index contributed by atoms with van der Waals surface area (Å²) in [7, 11) is 1.91. The number of amides is 2. The number of hydrogen-bond donors (Lipinski definition) is 1. The molecule has 25 heavy (non-hydrogen) atoms. The van der Waals surface area contributed by atoms with E-state index in [1.807, 2.05) is 30.4 Å². The predicted octanol–water partition coefficient (Wildman–Crippen LogP) is 1.06. The summed E-state index contributed by atoms with van der Waals surface area (Å²) < 4.78 is 1.80. The Morgan fingerprint density at radius 1 is 1.20 bits per heavy atom. The zero-order valence-corrected chi connectivity index (χ0v) is 14.6. The van der Waals surface area contributed by atoms with Crippen molar-refractivity contribution in [2.75, 3.05) is 37.6 Å². The fourth-order valence-corrected chi connectivity index (χ4v) is 2.98. The number of aromatic nitrogens is 4. The number of nitrogens with one attached hydrogen (secondary N) is 1. The molecule has 2 aromatic rings. The molecule has 0 radical (unpaired) electrons. The topological polar surface area (TPSA) is 79.2 Å². The van der Waals surface area contributed by atoms with Gasteiger partial charge in [0.25, 0.3) is 0 Å². The number of hydrogen-bond acceptors (Lipinski definition) is 5. The van der Waals surface area contributed by atoms with Gasteiger partial charge in [-0.25, -0.2) is 14.8 Å². The first-order chi connectivity index (χ1) is 12.2. The van der Waals surface area contributed by atoms with Crippen LogP contribution in [0.5, 0.6) is 0 Å². The molecule has 1 saturated heterocycles. The lowest BCUT2D eigenvalue weighted by molar-refractivity contribution is 0.201. The van der Waals surface area contributed by atoms with Gasteiger partial charge in [0, 0.05) is 58.4 Å². The molecule has 3 heterocycles. The molecular weight excluding hydrogens is 318 g/mol. The van der Waals surface area contributed by atoms with Gasteiger partial charge in [-0.05, 0) is 30.9 Å². The van der Waals surface area contributed by atoms with Crippen LogP contribution in [-0.2, 0) is 13.5 Å². The number of nitrogens with zero attached hydrogens (tertiary/aromatic N) is 6. The normalized spacial score (nSPS) is 15.1. The smallest absolute Gasteiger partial charge is 0.317 e. The maximum atomic E-state index is 12.4. The number of aryl methyl sites for hydroxylation is 2. The molecule has 1 N–H and O–H groups in total. The minimum atomic E-state index is 0.0158. The van der Waals surface area contributed by atoms with Crippen LogP contribution in [0.4, 0.5) is 10.7 Å². The van der Waals surface area contributed by atoms with E-state index in [1.54, 1.807) is 17.1 Å². The maximum absolute atomic E-state index is 12.4. The standard InChI is InChI=1S/C17H25N7O/c1-22-14-15(13-21-22)5-2-6-20-17(25)24-10-4-9-23(11-12-24)16-18-7-3-8-19-16/h3,7-8,13-14H,2,4-6,9-12H2,1H3,(H,20,25). The molecule has 8 heteroatoms. The molecule has 134 valence electrons. The second-order valence-electron chi connectivity index (χ2n) is 6.23.